The summed E-state index contributed by atoms with van der Waals surface area (Å²) in [6.45, 7) is 2.52. The van der Waals surface area contributed by atoms with Gasteiger partial charge in [0.25, 0.3) is 5.91 Å². The maximum Gasteiger partial charge on any atom is 0.274 e. The average molecular weight is 390 g/mol. The second kappa shape index (κ2) is 5.70. The van der Waals surface area contributed by atoms with E-state index in [1.807, 2.05) is 28.9 Å². The van der Waals surface area contributed by atoms with Crippen LogP contribution < -0.4 is 0 Å². The Kier molecular flexibility index (Phi) is 3.77. The van der Waals surface area contributed by atoms with Gasteiger partial charge in [-0.2, -0.15) is 5.10 Å². The summed E-state index contributed by atoms with van der Waals surface area (Å²) in [5.41, 5.74) is 3.01. The molecule has 0 saturated carbocycles. The standard InChI is InChI=1S/C18H20BrN3O2/c1-18(24)10-21(11-18)17(23)16-14-4-2-3-5-15(14)22(20-16)13-8-6-12(19)7-9-13/h6-9,24H,2-5,10-11H2,1H3. The van der Waals surface area contributed by atoms with Crippen molar-refractivity contribution in [3.05, 3.63) is 45.7 Å². The maximum absolute atomic E-state index is 12.8. The van der Waals surface area contributed by atoms with E-state index in [9.17, 15) is 9.90 Å². The van der Waals surface area contributed by atoms with Crippen LogP contribution in [0.25, 0.3) is 5.69 Å². The molecule has 126 valence electrons. The van der Waals surface area contributed by atoms with Crippen LogP contribution in [-0.2, 0) is 12.8 Å². The van der Waals surface area contributed by atoms with Crippen LogP contribution in [0.3, 0.4) is 0 Å². The lowest BCUT2D eigenvalue weighted by Crippen LogP contribution is -2.61. The van der Waals surface area contributed by atoms with Gasteiger partial charge >= 0.3 is 0 Å². The second-order valence-electron chi connectivity index (χ2n) is 7.03. The van der Waals surface area contributed by atoms with Gasteiger partial charge in [0.2, 0.25) is 0 Å². The predicted octanol–water partition coefficient (Wildman–Crippen LogP) is 2.72. The molecule has 4 rings (SSSR count). The van der Waals surface area contributed by atoms with Gasteiger partial charge in [0.15, 0.2) is 5.69 Å². The molecule has 0 unspecified atom stereocenters. The molecular weight excluding hydrogens is 370 g/mol. The highest BCUT2D eigenvalue weighted by atomic mass is 79.9. The number of β-amino-alcohol motifs (C(OH)–C–C–N with tert-alkyl or cyclic N) is 1. The van der Waals surface area contributed by atoms with E-state index in [2.05, 4.69) is 21.0 Å². The molecule has 0 atom stereocenters. The fourth-order valence-corrected chi connectivity index (χ4v) is 3.90. The van der Waals surface area contributed by atoms with Crippen molar-refractivity contribution in [2.45, 2.75) is 38.2 Å². The molecule has 1 aliphatic carbocycles. The molecule has 24 heavy (non-hydrogen) atoms. The third-order valence-electron chi connectivity index (χ3n) is 4.80. The molecule has 1 aromatic carbocycles. The van der Waals surface area contributed by atoms with Crippen molar-refractivity contribution >= 4 is 21.8 Å². The van der Waals surface area contributed by atoms with Crippen molar-refractivity contribution in [2.75, 3.05) is 13.1 Å². The van der Waals surface area contributed by atoms with Gasteiger partial charge in [-0.1, -0.05) is 15.9 Å². The minimum absolute atomic E-state index is 0.0597. The normalized spacial score (nSPS) is 18.9. The summed E-state index contributed by atoms with van der Waals surface area (Å²) < 4.78 is 2.94. The molecule has 2 aromatic rings. The van der Waals surface area contributed by atoms with E-state index >= 15 is 0 Å². The van der Waals surface area contributed by atoms with Crippen LogP contribution in [-0.4, -0.2) is 44.4 Å². The summed E-state index contributed by atoms with van der Waals surface area (Å²) in [6, 6.07) is 7.99. The molecule has 1 N–H and O–H groups in total. The summed E-state index contributed by atoms with van der Waals surface area (Å²) >= 11 is 3.45. The molecule has 1 aliphatic heterocycles. The van der Waals surface area contributed by atoms with Gasteiger partial charge in [-0.25, -0.2) is 4.68 Å². The molecule has 5 nitrogen and oxygen atoms in total. The Morgan fingerprint density at radius 1 is 1.21 bits per heavy atom. The van der Waals surface area contributed by atoms with Crippen molar-refractivity contribution in [1.29, 1.82) is 0 Å². The molecular formula is C18H20BrN3O2. The zero-order valence-electron chi connectivity index (χ0n) is 13.6. The SMILES string of the molecule is CC1(O)CN(C(=O)c2nn(-c3ccc(Br)cc3)c3c2CCCC3)C1. The van der Waals surface area contributed by atoms with E-state index in [0.717, 1.165) is 47.1 Å². The van der Waals surface area contributed by atoms with Crippen LogP contribution in [0.15, 0.2) is 28.7 Å². The van der Waals surface area contributed by atoms with Crippen LogP contribution in [0.4, 0.5) is 0 Å². The van der Waals surface area contributed by atoms with Crippen LogP contribution in [0, 0.1) is 0 Å². The smallest absolute Gasteiger partial charge is 0.274 e. The lowest BCUT2D eigenvalue weighted by molar-refractivity contribution is -0.0671. The number of amides is 1. The number of hydrogen-bond donors (Lipinski definition) is 1. The van der Waals surface area contributed by atoms with Gasteiger partial charge < -0.3 is 10.0 Å². The molecule has 1 amide bonds. The largest absolute Gasteiger partial charge is 0.386 e. The predicted molar refractivity (Wildman–Crippen MR) is 94.4 cm³/mol. The van der Waals surface area contributed by atoms with Crippen LogP contribution >= 0.6 is 15.9 Å². The number of hydrogen-bond acceptors (Lipinski definition) is 3. The van der Waals surface area contributed by atoms with Crippen LogP contribution in [0.2, 0.25) is 0 Å². The van der Waals surface area contributed by atoms with Gasteiger partial charge in [0, 0.05) is 15.7 Å². The van der Waals surface area contributed by atoms with E-state index in [-0.39, 0.29) is 5.91 Å². The number of benzene rings is 1. The highest BCUT2D eigenvalue weighted by Gasteiger charge is 2.41. The Bertz CT molecular complexity index is 787. The van der Waals surface area contributed by atoms with Gasteiger partial charge in [-0.15, -0.1) is 0 Å². The number of carbonyl (C=O) groups excluding carboxylic acids is 1. The Morgan fingerprint density at radius 3 is 2.54 bits per heavy atom. The minimum Gasteiger partial charge on any atom is -0.386 e. The van der Waals surface area contributed by atoms with E-state index in [4.69, 9.17) is 0 Å². The Balaban J connectivity index is 1.73. The highest BCUT2D eigenvalue weighted by Crippen LogP contribution is 2.30. The molecule has 6 heteroatoms. The van der Waals surface area contributed by atoms with Gasteiger partial charge in [0.05, 0.1) is 24.4 Å². The third kappa shape index (κ3) is 2.67. The first-order chi connectivity index (χ1) is 11.4. The Morgan fingerprint density at radius 2 is 1.88 bits per heavy atom. The molecule has 0 bridgehead atoms. The summed E-state index contributed by atoms with van der Waals surface area (Å²) in [5.74, 6) is -0.0597. The molecule has 2 heterocycles. The number of likely N-dealkylation sites (tertiary alicyclic amines) is 1. The van der Waals surface area contributed by atoms with Gasteiger partial charge in [-0.05, 0) is 56.9 Å². The molecule has 1 fully saturated rings. The number of carbonyl (C=O) groups is 1. The first kappa shape index (κ1) is 15.8. The van der Waals surface area contributed by atoms with Crippen molar-refractivity contribution in [3.63, 3.8) is 0 Å². The number of aromatic nitrogens is 2. The molecule has 1 aromatic heterocycles. The summed E-state index contributed by atoms with van der Waals surface area (Å²) in [6.07, 6.45) is 4.07. The van der Waals surface area contributed by atoms with E-state index in [0.29, 0.717) is 18.8 Å². The van der Waals surface area contributed by atoms with E-state index in [1.54, 1.807) is 11.8 Å². The third-order valence-corrected chi connectivity index (χ3v) is 5.33. The van der Waals surface area contributed by atoms with Crippen molar-refractivity contribution < 1.29 is 9.90 Å². The summed E-state index contributed by atoms with van der Waals surface area (Å²) in [7, 11) is 0. The molecule has 0 radical (unpaired) electrons. The molecule has 1 saturated heterocycles. The first-order valence-corrected chi connectivity index (χ1v) is 9.12. The quantitative estimate of drug-likeness (QED) is 0.858. The fraction of sp³-hybridized carbons (Fsp3) is 0.444. The zero-order chi connectivity index (χ0) is 16.9. The number of halogens is 1. The monoisotopic (exact) mass is 389 g/mol. The summed E-state index contributed by atoms with van der Waals surface area (Å²) in [4.78, 5) is 14.5. The van der Waals surface area contributed by atoms with Gasteiger partial charge in [-0.3, -0.25) is 4.79 Å². The van der Waals surface area contributed by atoms with E-state index in [1.165, 1.54) is 0 Å². The Labute approximate surface area is 149 Å². The topological polar surface area (TPSA) is 58.4 Å². The van der Waals surface area contributed by atoms with Crippen LogP contribution in [0.5, 0.6) is 0 Å². The lowest BCUT2D eigenvalue weighted by Gasteiger charge is -2.43. The zero-order valence-corrected chi connectivity index (χ0v) is 15.2. The highest BCUT2D eigenvalue weighted by molar-refractivity contribution is 9.10. The van der Waals surface area contributed by atoms with Crippen molar-refractivity contribution in [1.82, 2.24) is 14.7 Å². The number of aliphatic hydroxyl groups is 1. The molecule has 2 aliphatic rings. The Hall–Kier alpha value is -1.66. The summed E-state index contributed by atoms with van der Waals surface area (Å²) in [5, 5.41) is 14.6. The van der Waals surface area contributed by atoms with Gasteiger partial charge in [0.1, 0.15) is 0 Å². The number of fused-ring (bicyclic) bond motifs is 1. The maximum atomic E-state index is 12.8. The first-order valence-electron chi connectivity index (χ1n) is 8.33. The van der Waals surface area contributed by atoms with Crippen molar-refractivity contribution in [3.8, 4) is 5.69 Å². The molecule has 0 spiro atoms. The fourth-order valence-electron chi connectivity index (χ4n) is 3.64. The number of rotatable bonds is 2. The second-order valence-corrected chi connectivity index (χ2v) is 7.94. The number of nitrogens with zero attached hydrogens (tertiary/aromatic N) is 3. The average Bonchev–Trinajstić information content (AvgIpc) is 2.92. The lowest BCUT2D eigenvalue weighted by atomic mass is 9.93. The van der Waals surface area contributed by atoms with Crippen LogP contribution in [0.1, 0.15) is 41.5 Å². The minimum atomic E-state index is -0.760. The van der Waals surface area contributed by atoms with Crippen molar-refractivity contribution in [2.24, 2.45) is 0 Å². The van der Waals surface area contributed by atoms with E-state index < -0.39 is 5.60 Å².